The van der Waals surface area contributed by atoms with Gasteiger partial charge in [-0.15, -0.1) is 0 Å². The van der Waals surface area contributed by atoms with Crippen molar-refractivity contribution >= 4 is 46.6 Å². The number of carbonyl (C=O) groups is 6. The molecule has 0 atom stereocenters. The third-order valence-electron chi connectivity index (χ3n) is 4.84. The standard InChI is InChI=1S/C18H13N5O6/c24-13-11(14(25)21-17(28)20-13)10(12-15(26)22-18(29)23-16(12)27)8-5-6-19-9-4-2-1-3-7(8)9/h1-6,10-12H,(H2,20,21,24,25,28)(H2,22,23,26,27,29). The van der Waals surface area contributed by atoms with Crippen LogP contribution in [0.3, 0.4) is 0 Å². The van der Waals surface area contributed by atoms with E-state index in [9.17, 15) is 28.8 Å². The molecule has 2 fully saturated rings. The lowest BCUT2D eigenvalue weighted by Gasteiger charge is -2.34. The highest BCUT2D eigenvalue weighted by Gasteiger charge is 2.51. The number of fused-ring (bicyclic) bond motifs is 1. The van der Waals surface area contributed by atoms with Crippen molar-refractivity contribution in [1.29, 1.82) is 0 Å². The van der Waals surface area contributed by atoms with Gasteiger partial charge in [-0.3, -0.25) is 45.4 Å². The Bertz CT molecular complexity index is 1020. The highest BCUT2D eigenvalue weighted by atomic mass is 16.2. The summed E-state index contributed by atoms with van der Waals surface area (Å²) in [5.41, 5.74) is 0.834. The number of nitrogens with zero attached hydrogens (tertiary/aromatic N) is 1. The topological polar surface area (TPSA) is 163 Å². The molecule has 0 aliphatic carbocycles. The molecule has 3 heterocycles. The minimum Gasteiger partial charge on any atom is -0.277 e. The molecule has 0 radical (unpaired) electrons. The third kappa shape index (κ3) is 3.08. The molecule has 8 amide bonds. The van der Waals surface area contributed by atoms with Gasteiger partial charge >= 0.3 is 12.1 Å². The van der Waals surface area contributed by atoms with Crippen LogP contribution in [0.5, 0.6) is 0 Å². The van der Waals surface area contributed by atoms with Gasteiger partial charge in [0.05, 0.1) is 5.52 Å². The number of urea groups is 2. The SMILES string of the molecule is O=C1NC(=O)C(C(c2ccnc3ccccc23)C2C(=O)NC(=O)NC2=O)C(=O)N1. The number of barbiturate groups is 2. The number of hydrogen-bond donors (Lipinski definition) is 4. The molecule has 0 spiro atoms. The molecule has 2 aromatic rings. The van der Waals surface area contributed by atoms with E-state index in [1.165, 1.54) is 12.3 Å². The van der Waals surface area contributed by atoms with Gasteiger partial charge in [0.25, 0.3) is 0 Å². The zero-order valence-electron chi connectivity index (χ0n) is 14.6. The van der Waals surface area contributed by atoms with E-state index < -0.39 is 53.4 Å². The van der Waals surface area contributed by atoms with Crippen LogP contribution >= 0.6 is 0 Å². The molecular formula is C18H13N5O6. The van der Waals surface area contributed by atoms with E-state index in [2.05, 4.69) is 4.98 Å². The van der Waals surface area contributed by atoms with Crippen molar-refractivity contribution in [3.8, 4) is 0 Å². The summed E-state index contributed by atoms with van der Waals surface area (Å²) in [6.07, 6.45) is 1.41. The van der Waals surface area contributed by atoms with Crippen molar-refractivity contribution in [2.75, 3.05) is 0 Å². The summed E-state index contributed by atoms with van der Waals surface area (Å²) < 4.78 is 0. The number of rotatable bonds is 3. The first-order chi connectivity index (χ1) is 13.9. The normalized spacial score (nSPS) is 18.5. The van der Waals surface area contributed by atoms with Crippen LogP contribution in [0.25, 0.3) is 10.9 Å². The van der Waals surface area contributed by atoms with E-state index in [0.717, 1.165) is 0 Å². The molecule has 2 saturated heterocycles. The predicted molar refractivity (Wildman–Crippen MR) is 94.8 cm³/mol. The summed E-state index contributed by atoms with van der Waals surface area (Å²) in [6, 6.07) is 6.26. The van der Waals surface area contributed by atoms with Crippen LogP contribution in [-0.2, 0) is 19.2 Å². The van der Waals surface area contributed by atoms with Gasteiger partial charge in [0, 0.05) is 17.5 Å². The quantitative estimate of drug-likeness (QED) is 0.498. The number of para-hydroxylation sites is 1. The van der Waals surface area contributed by atoms with Gasteiger partial charge in [-0.05, 0) is 17.7 Å². The minimum absolute atomic E-state index is 0.324. The Morgan fingerprint density at radius 3 is 1.69 bits per heavy atom. The Balaban J connectivity index is 1.92. The fourth-order valence-electron chi connectivity index (χ4n) is 3.67. The van der Waals surface area contributed by atoms with E-state index in [0.29, 0.717) is 16.5 Å². The van der Waals surface area contributed by atoms with Crippen LogP contribution < -0.4 is 21.3 Å². The molecular weight excluding hydrogens is 382 g/mol. The number of nitrogens with one attached hydrogen (secondary N) is 4. The third-order valence-corrected chi connectivity index (χ3v) is 4.84. The maximum atomic E-state index is 12.5. The second-order valence-electron chi connectivity index (χ2n) is 6.51. The average molecular weight is 395 g/mol. The smallest absolute Gasteiger partial charge is 0.277 e. The largest absolute Gasteiger partial charge is 0.328 e. The summed E-state index contributed by atoms with van der Waals surface area (Å²) in [7, 11) is 0. The lowest BCUT2D eigenvalue weighted by atomic mass is 9.73. The molecule has 2 aliphatic heterocycles. The summed E-state index contributed by atoms with van der Waals surface area (Å²) in [6.45, 7) is 0. The molecule has 0 bridgehead atoms. The zero-order valence-corrected chi connectivity index (χ0v) is 14.6. The van der Waals surface area contributed by atoms with Gasteiger partial charge in [0.15, 0.2) is 0 Å². The first kappa shape index (κ1) is 18.2. The van der Waals surface area contributed by atoms with E-state index in [1.807, 2.05) is 21.3 Å². The predicted octanol–water partition coefficient (Wildman–Crippen LogP) is -0.717. The number of carbonyl (C=O) groups excluding carboxylic acids is 6. The summed E-state index contributed by atoms with van der Waals surface area (Å²) in [4.78, 5) is 77.3. The average Bonchev–Trinajstić information content (AvgIpc) is 2.65. The molecule has 0 saturated carbocycles. The number of hydrogen-bond acceptors (Lipinski definition) is 7. The van der Waals surface area contributed by atoms with Crippen molar-refractivity contribution in [3.05, 3.63) is 42.1 Å². The van der Waals surface area contributed by atoms with Gasteiger partial charge in [-0.2, -0.15) is 0 Å². The van der Waals surface area contributed by atoms with Crippen molar-refractivity contribution < 1.29 is 28.8 Å². The second-order valence-corrected chi connectivity index (χ2v) is 6.51. The molecule has 146 valence electrons. The van der Waals surface area contributed by atoms with Gasteiger partial charge in [-0.1, -0.05) is 18.2 Å². The number of imide groups is 4. The molecule has 0 unspecified atom stereocenters. The van der Waals surface area contributed by atoms with Crippen molar-refractivity contribution in [2.24, 2.45) is 11.8 Å². The highest BCUT2D eigenvalue weighted by molar-refractivity contribution is 6.20. The number of aromatic nitrogens is 1. The maximum Gasteiger partial charge on any atom is 0.328 e. The molecule has 4 N–H and O–H groups in total. The van der Waals surface area contributed by atoms with Crippen LogP contribution in [-0.4, -0.2) is 40.7 Å². The number of amides is 8. The monoisotopic (exact) mass is 395 g/mol. The van der Waals surface area contributed by atoms with Gasteiger partial charge in [0.2, 0.25) is 23.6 Å². The molecule has 2 aliphatic rings. The fraction of sp³-hybridized carbons (Fsp3) is 0.167. The lowest BCUT2D eigenvalue weighted by molar-refractivity contribution is -0.141. The Kier molecular flexibility index (Phi) is 4.26. The van der Waals surface area contributed by atoms with Crippen LogP contribution in [0.4, 0.5) is 9.59 Å². The first-order valence-corrected chi connectivity index (χ1v) is 8.52. The van der Waals surface area contributed by atoms with Gasteiger partial charge < -0.3 is 0 Å². The maximum absolute atomic E-state index is 12.5. The lowest BCUT2D eigenvalue weighted by Crippen LogP contribution is -2.62. The number of benzene rings is 1. The molecule has 4 rings (SSSR count). The van der Waals surface area contributed by atoms with Crippen LogP contribution in [0, 0.1) is 11.8 Å². The van der Waals surface area contributed by atoms with Gasteiger partial charge in [-0.25, -0.2) is 9.59 Å². The summed E-state index contributed by atoms with van der Waals surface area (Å²) >= 11 is 0. The molecule has 11 nitrogen and oxygen atoms in total. The Morgan fingerprint density at radius 2 is 1.17 bits per heavy atom. The van der Waals surface area contributed by atoms with Crippen molar-refractivity contribution in [3.63, 3.8) is 0 Å². The summed E-state index contributed by atoms with van der Waals surface area (Å²) in [5.74, 6) is -8.28. The zero-order chi connectivity index (χ0) is 20.7. The first-order valence-electron chi connectivity index (χ1n) is 8.52. The van der Waals surface area contributed by atoms with Crippen molar-refractivity contribution in [2.45, 2.75) is 5.92 Å². The van der Waals surface area contributed by atoms with Crippen LogP contribution in [0.15, 0.2) is 36.5 Å². The van der Waals surface area contributed by atoms with E-state index in [1.54, 1.807) is 24.3 Å². The summed E-state index contributed by atoms with van der Waals surface area (Å²) in [5, 5.41) is 8.43. The van der Waals surface area contributed by atoms with Crippen molar-refractivity contribution in [1.82, 2.24) is 26.3 Å². The second kappa shape index (κ2) is 6.78. The Morgan fingerprint density at radius 1 is 0.690 bits per heavy atom. The molecule has 11 heteroatoms. The van der Waals surface area contributed by atoms with Gasteiger partial charge in [0.1, 0.15) is 11.8 Å². The molecule has 1 aromatic heterocycles. The molecule has 1 aromatic carbocycles. The Hall–Kier alpha value is -4.15. The van der Waals surface area contributed by atoms with E-state index in [-0.39, 0.29) is 0 Å². The van der Waals surface area contributed by atoms with E-state index >= 15 is 0 Å². The number of pyridine rings is 1. The van der Waals surface area contributed by atoms with Crippen LogP contribution in [0.1, 0.15) is 11.5 Å². The van der Waals surface area contributed by atoms with Crippen LogP contribution in [0.2, 0.25) is 0 Å². The highest BCUT2D eigenvalue weighted by Crippen LogP contribution is 2.38. The Labute approximate surface area is 162 Å². The molecule has 29 heavy (non-hydrogen) atoms. The minimum atomic E-state index is -1.58. The van der Waals surface area contributed by atoms with E-state index in [4.69, 9.17) is 0 Å². The fourth-order valence-corrected chi connectivity index (χ4v) is 3.67.